The molecule has 144 valence electrons. The maximum atomic E-state index is 12.3. The fraction of sp³-hybridized carbons (Fsp3) is 0.263. The zero-order valence-corrected chi connectivity index (χ0v) is 16.1. The molecule has 0 spiro atoms. The van der Waals surface area contributed by atoms with E-state index in [4.69, 9.17) is 9.47 Å². The number of hydrogen-bond acceptors (Lipinski definition) is 6. The van der Waals surface area contributed by atoms with Crippen molar-refractivity contribution in [3.05, 3.63) is 59.2 Å². The number of Topliss-reactive ketones (excluding diaryl/α,β-unsaturated/α-hetero) is 1. The summed E-state index contributed by atoms with van der Waals surface area (Å²) < 4.78 is 36.7. The molecule has 27 heavy (non-hydrogen) atoms. The highest BCUT2D eigenvalue weighted by molar-refractivity contribution is 7.89. The molecule has 0 amide bonds. The molecule has 0 fully saturated rings. The molecule has 0 radical (unpaired) electrons. The van der Waals surface area contributed by atoms with E-state index < -0.39 is 16.0 Å². The summed E-state index contributed by atoms with van der Waals surface area (Å²) in [5, 5.41) is 0. The van der Waals surface area contributed by atoms with Crippen molar-refractivity contribution in [3.63, 3.8) is 0 Å². The second-order valence-corrected chi connectivity index (χ2v) is 7.51. The topological polar surface area (TPSA) is 98.8 Å². The summed E-state index contributed by atoms with van der Waals surface area (Å²) in [5.74, 6) is -0.281. The third kappa shape index (κ3) is 5.15. The molecular formula is C19H21NO6S. The van der Waals surface area contributed by atoms with E-state index in [0.717, 1.165) is 0 Å². The predicted octanol–water partition coefficient (Wildman–Crippen LogP) is 2.55. The van der Waals surface area contributed by atoms with Gasteiger partial charge in [-0.1, -0.05) is 6.07 Å². The smallest absolute Gasteiger partial charge is 0.338 e. The van der Waals surface area contributed by atoms with Crippen molar-refractivity contribution in [2.24, 2.45) is 0 Å². The Kier molecular flexibility index (Phi) is 6.70. The Morgan fingerprint density at radius 2 is 1.81 bits per heavy atom. The lowest BCUT2D eigenvalue weighted by atomic mass is 10.1. The van der Waals surface area contributed by atoms with Gasteiger partial charge >= 0.3 is 5.97 Å². The molecule has 0 bridgehead atoms. The average molecular weight is 391 g/mol. The van der Waals surface area contributed by atoms with E-state index in [2.05, 4.69) is 4.72 Å². The number of ketones is 1. The van der Waals surface area contributed by atoms with Gasteiger partial charge in [-0.05, 0) is 57.3 Å². The lowest BCUT2D eigenvalue weighted by molar-refractivity contribution is 0.0469. The number of carbonyl (C=O) groups excluding carboxylic acids is 2. The van der Waals surface area contributed by atoms with Crippen LogP contribution in [0.4, 0.5) is 0 Å². The number of nitrogens with one attached hydrogen (secondary N) is 1. The summed E-state index contributed by atoms with van der Waals surface area (Å²) in [5.41, 5.74) is 1.13. The summed E-state index contributed by atoms with van der Waals surface area (Å²) >= 11 is 0. The first-order chi connectivity index (χ1) is 12.8. The van der Waals surface area contributed by atoms with Crippen LogP contribution in [0, 0.1) is 0 Å². The van der Waals surface area contributed by atoms with Crippen LogP contribution in [0.3, 0.4) is 0 Å². The molecule has 0 saturated heterocycles. The second kappa shape index (κ2) is 8.79. The van der Waals surface area contributed by atoms with E-state index in [9.17, 15) is 18.0 Å². The largest absolute Gasteiger partial charge is 0.493 e. The predicted molar refractivity (Wildman–Crippen MR) is 99.4 cm³/mol. The summed E-state index contributed by atoms with van der Waals surface area (Å²) in [6.45, 7) is 3.57. The first kappa shape index (κ1) is 20.6. The van der Waals surface area contributed by atoms with Gasteiger partial charge in [0.1, 0.15) is 12.4 Å². The Bertz CT molecular complexity index is 952. The van der Waals surface area contributed by atoms with Crippen molar-refractivity contribution < 1.29 is 27.5 Å². The average Bonchev–Trinajstić information content (AvgIpc) is 2.67. The van der Waals surface area contributed by atoms with Crippen LogP contribution in [0.2, 0.25) is 0 Å². The van der Waals surface area contributed by atoms with Gasteiger partial charge in [-0.2, -0.15) is 0 Å². The standard InChI is InChI=1S/C19H21NO6S/c1-4-25-18-9-8-14(13(2)21)10-16(18)12-26-19(22)15-6-5-7-17(11-15)27(23,24)20-3/h5-11,20H,4,12H2,1-3H3. The van der Waals surface area contributed by atoms with Gasteiger partial charge in [-0.25, -0.2) is 17.9 Å². The lowest BCUT2D eigenvalue weighted by Gasteiger charge is -2.12. The summed E-state index contributed by atoms with van der Waals surface area (Å²) in [6.07, 6.45) is 0. The maximum absolute atomic E-state index is 12.3. The number of ether oxygens (including phenoxy) is 2. The van der Waals surface area contributed by atoms with E-state index in [1.165, 1.54) is 38.2 Å². The molecule has 2 rings (SSSR count). The highest BCUT2D eigenvalue weighted by Crippen LogP contribution is 2.22. The van der Waals surface area contributed by atoms with Crippen molar-refractivity contribution in [2.45, 2.75) is 25.3 Å². The normalized spacial score (nSPS) is 11.1. The molecule has 0 saturated carbocycles. The Hall–Kier alpha value is -2.71. The Balaban J connectivity index is 2.21. The van der Waals surface area contributed by atoms with Gasteiger partial charge in [-0.15, -0.1) is 0 Å². The van der Waals surface area contributed by atoms with E-state index in [-0.39, 0.29) is 22.8 Å². The van der Waals surface area contributed by atoms with Crippen molar-refractivity contribution in [2.75, 3.05) is 13.7 Å². The molecular weight excluding hydrogens is 370 g/mol. The van der Waals surface area contributed by atoms with Crippen molar-refractivity contribution >= 4 is 21.8 Å². The highest BCUT2D eigenvalue weighted by atomic mass is 32.2. The Morgan fingerprint density at radius 3 is 2.44 bits per heavy atom. The molecule has 0 heterocycles. The van der Waals surface area contributed by atoms with E-state index in [0.29, 0.717) is 23.5 Å². The number of benzene rings is 2. The molecule has 2 aromatic carbocycles. The molecule has 7 nitrogen and oxygen atoms in total. The van der Waals surface area contributed by atoms with E-state index in [1.807, 2.05) is 6.92 Å². The van der Waals surface area contributed by atoms with Gasteiger partial charge in [0.15, 0.2) is 5.78 Å². The fourth-order valence-electron chi connectivity index (χ4n) is 2.34. The van der Waals surface area contributed by atoms with Crippen LogP contribution in [0.5, 0.6) is 5.75 Å². The molecule has 2 aromatic rings. The SMILES string of the molecule is CCOc1ccc(C(C)=O)cc1COC(=O)c1cccc(S(=O)(=O)NC)c1. The molecule has 0 atom stereocenters. The van der Waals surface area contributed by atoms with E-state index >= 15 is 0 Å². The van der Waals surface area contributed by atoms with E-state index in [1.54, 1.807) is 18.2 Å². The number of rotatable bonds is 8. The van der Waals surface area contributed by atoms with Crippen molar-refractivity contribution in [3.8, 4) is 5.75 Å². The minimum atomic E-state index is -3.67. The third-order valence-electron chi connectivity index (χ3n) is 3.77. The Labute approximate surface area is 158 Å². The van der Waals surface area contributed by atoms with Gasteiger partial charge in [0.25, 0.3) is 0 Å². The van der Waals surface area contributed by atoms with Crippen LogP contribution < -0.4 is 9.46 Å². The molecule has 0 unspecified atom stereocenters. The maximum Gasteiger partial charge on any atom is 0.338 e. The van der Waals surface area contributed by atoms with Gasteiger partial charge in [0, 0.05) is 11.1 Å². The molecule has 0 aliphatic carbocycles. The minimum absolute atomic E-state index is 0.0342. The Morgan fingerprint density at radius 1 is 1.07 bits per heavy atom. The summed E-state index contributed by atoms with van der Waals surface area (Å²) in [4.78, 5) is 23.9. The fourth-order valence-corrected chi connectivity index (χ4v) is 3.12. The quantitative estimate of drug-likeness (QED) is 0.548. The molecule has 0 aromatic heterocycles. The van der Waals surface area contributed by atoms with Crippen LogP contribution in [0.25, 0.3) is 0 Å². The first-order valence-corrected chi connectivity index (χ1v) is 9.74. The monoisotopic (exact) mass is 391 g/mol. The zero-order chi connectivity index (χ0) is 20.0. The molecule has 0 aliphatic heterocycles. The van der Waals surface area contributed by atoms with Crippen LogP contribution >= 0.6 is 0 Å². The number of hydrogen-bond donors (Lipinski definition) is 1. The molecule has 0 aliphatic rings. The molecule has 1 N–H and O–H groups in total. The van der Waals surface area contributed by atoms with Gasteiger partial charge in [0.05, 0.1) is 17.1 Å². The number of carbonyl (C=O) groups is 2. The van der Waals surface area contributed by atoms with Gasteiger partial charge < -0.3 is 9.47 Å². The van der Waals surface area contributed by atoms with Crippen LogP contribution in [0.1, 0.15) is 40.1 Å². The van der Waals surface area contributed by atoms with Gasteiger partial charge in [0.2, 0.25) is 10.0 Å². The number of sulfonamides is 1. The van der Waals surface area contributed by atoms with Crippen molar-refractivity contribution in [1.29, 1.82) is 0 Å². The first-order valence-electron chi connectivity index (χ1n) is 8.26. The lowest BCUT2D eigenvalue weighted by Crippen LogP contribution is -2.19. The minimum Gasteiger partial charge on any atom is -0.493 e. The van der Waals surface area contributed by atoms with Crippen LogP contribution in [-0.2, 0) is 21.4 Å². The number of esters is 1. The highest BCUT2D eigenvalue weighted by Gasteiger charge is 2.16. The van der Waals surface area contributed by atoms with Crippen LogP contribution in [0.15, 0.2) is 47.4 Å². The zero-order valence-electron chi connectivity index (χ0n) is 15.3. The van der Waals surface area contributed by atoms with Crippen LogP contribution in [-0.4, -0.2) is 33.8 Å². The van der Waals surface area contributed by atoms with Crippen molar-refractivity contribution in [1.82, 2.24) is 4.72 Å². The molecule has 8 heteroatoms. The third-order valence-corrected chi connectivity index (χ3v) is 5.19. The summed E-state index contributed by atoms with van der Waals surface area (Å²) in [7, 11) is -2.38. The second-order valence-electron chi connectivity index (χ2n) is 5.62. The van der Waals surface area contributed by atoms with Gasteiger partial charge in [-0.3, -0.25) is 4.79 Å². The summed E-state index contributed by atoms with van der Waals surface area (Å²) in [6, 6.07) is 10.5.